The van der Waals surface area contributed by atoms with Gasteiger partial charge in [0, 0.05) is 31.4 Å². The fourth-order valence-corrected chi connectivity index (χ4v) is 8.68. The zero-order chi connectivity index (χ0) is 43.3. The highest BCUT2D eigenvalue weighted by molar-refractivity contribution is 5.91. The van der Waals surface area contributed by atoms with Crippen LogP contribution in [0.2, 0.25) is 0 Å². The maximum absolute atomic E-state index is 14.0. The molecule has 2 aliphatic rings. The topological polar surface area (TPSA) is 177 Å². The first kappa shape index (κ1) is 41.8. The molecule has 8 rings (SSSR count). The van der Waals surface area contributed by atoms with Crippen molar-refractivity contribution in [3.05, 3.63) is 121 Å². The largest absolute Gasteiger partial charge is 0.453 e. The molecule has 0 spiro atoms. The number of benzene rings is 4. The van der Waals surface area contributed by atoms with Crippen molar-refractivity contribution in [2.24, 2.45) is 5.92 Å². The van der Waals surface area contributed by atoms with Gasteiger partial charge < -0.3 is 40.5 Å². The Hall–Kier alpha value is -6.96. The lowest BCUT2D eigenvalue weighted by Crippen LogP contribution is -2.51. The van der Waals surface area contributed by atoms with Crippen LogP contribution in [-0.2, 0) is 14.3 Å². The number of carbonyl (C=O) groups excluding carboxylic acids is 4. The molecule has 62 heavy (non-hydrogen) atoms. The Labute approximate surface area is 360 Å². The highest BCUT2D eigenvalue weighted by Gasteiger charge is 2.38. The molecule has 0 unspecified atom stereocenters. The Morgan fingerprint density at radius 3 is 2.08 bits per heavy atom. The Bertz CT molecular complexity index is 2550. The molecular formula is C48H53N9O5. The molecule has 2 fully saturated rings. The number of likely N-dealkylation sites (tertiary alicyclic amines) is 2. The van der Waals surface area contributed by atoms with Crippen molar-refractivity contribution in [2.45, 2.75) is 70.6 Å². The highest BCUT2D eigenvalue weighted by atomic mass is 16.5. The normalized spacial score (nSPS) is 17.2. The maximum atomic E-state index is 14.0. The van der Waals surface area contributed by atoms with E-state index in [0.29, 0.717) is 19.6 Å². The Morgan fingerprint density at radius 2 is 1.40 bits per heavy atom. The van der Waals surface area contributed by atoms with Crippen LogP contribution in [-0.4, -0.2) is 86.5 Å². The van der Waals surface area contributed by atoms with Gasteiger partial charge in [0.2, 0.25) is 11.8 Å². The van der Waals surface area contributed by atoms with Crippen LogP contribution < -0.4 is 16.0 Å². The fraction of sp³-hybridized carbons (Fsp3) is 0.333. The summed E-state index contributed by atoms with van der Waals surface area (Å²) in [5.41, 5.74) is 6.50. The fourth-order valence-electron chi connectivity index (χ4n) is 8.68. The van der Waals surface area contributed by atoms with Gasteiger partial charge in [0.25, 0.3) is 0 Å². The van der Waals surface area contributed by atoms with Gasteiger partial charge in [0.1, 0.15) is 23.7 Å². The lowest BCUT2D eigenvalue weighted by Gasteiger charge is -2.29. The van der Waals surface area contributed by atoms with E-state index in [9.17, 15) is 19.2 Å². The van der Waals surface area contributed by atoms with Crippen LogP contribution in [0.3, 0.4) is 0 Å². The number of H-pyrrole nitrogens is 2. The van der Waals surface area contributed by atoms with Crippen molar-refractivity contribution < 1.29 is 23.9 Å². The van der Waals surface area contributed by atoms with E-state index in [1.807, 2.05) is 73.3 Å². The number of nitrogens with one attached hydrogen (secondary N) is 5. The summed E-state index contributed by atoms with van der Waals surface area (Å²) < 4.78 is 4.77. The predicted molar refractivity (Wildman–Crippen MR) is 237 cm³/mol. The lowest BCUT2D eigenvalue weighted by molar-refractivity contribution is -0.135. The summed E-state index contributed by atoms with van der Waals surface area (Å²) in [7, 11) is 1.29. The molecule has 0 radical (unpaired) electrons. The minimum absolute atomic E-state index is 0.107. The van der Waals surface area contributed by atoms with E-state index in [4.69, 9.17) is 14.7 Å². The summed E-state index contributed by atoms with van der Waals surface area (Å²) in [4.78, 5) is 72.4. The first-order chi connectivity index (χ1) is 30.1. The third kappa shape index (κ3) is 8.76. The molecule has 2 saturated heterocycles. The van der Waals surface area contributed by atoms with E-state index in [2.05, 4.69) is 86.6 Å². The predicted octanol–water partition coefficient (Wildman–Crippen LogP) is 8.06. The number of ether oxygens (including phenoxy) is 1. The number of imidazole rings is 2. The van der Waals surface area contributed by atoms with Crippen LogP contribution in [0, 0.1) is 5.92 Å². The van der Waals surface area contributed by atoms with Crippen LogP contribution in [0.25, 0.3) is 44.4 Å². The molecule has 2 aliphatic heterocycles. The van der Waals surface area contributed by atoms with Gasteiger partial charge in [-0.2, -0.15) is 0 Å². The van der Waals surface area contributed by atoms with Crippen LogP contribution >= 0.6 is 0 Å². The van der Waals surface area contributed by atoms with Gasteiger partial charge in [-0.1, -0.05) is 92.7 Å². The number of aromatic amines is 2. The Morgan fingerprint density at radius 1 is 0.774 bits per heavy atom. The monoisotopic (exact) mass is 835 g/mol. The average Bonchev–Trinajstić information content (AvgIpc) is 4.14. The molecule has 320 valence electrons. The number of aromatic nitrogens is 4. The smallest absolute Gasteiger partial charge is 0.407 e. The van der Waals surface area contributed by atoms with Crippen LogP contribution in [0.1, 0.15) is 81.8 Å². The second kappa shape index (κ2) is 18.3. The molecule has 0 saturated carbocycles. The molecule has 4 heterocycles. The number of hydrogen-bond acceptors (Lipinski definition) is 7. The van der Waals surface area contributed by atoms with E-state index in [-0.39, 0.29) is 35.8 Å². The summed E-state index contributed by atoms with van der Waals surface area (Å²) in [6, 6.07) is 28.1. The van der Waals surface area contributed by atoms with Crippen molar-refractivity contribution in [3.63, 3.8) is 0 Å². The molecule has 6 aromatic rings. The minimum atomic E-state index is -0.816. The van der Waals surface area contributed by atoms with E-state index in [1.165, 1.54) is 7.11 Å². The van der Waals surface area contributed by atoms with Crippen molar-refractivity contribution >= 4 is 34.7 Å². The molecule has 0 aliphatic carbocycles. The SMILES string of the molecule is CCNC(=O)N[C@@H](C(=O)N1CCC[C@H]1c1ncc(-c2ccc(-c3ccc4cc(-c5c[nH]c([C@@H]6CCCN6C(=O)[C@@H](NC(=O)OC)C(C)C)n5)ccc4c3)cc2)[nH]1)c1ccccc1. The minimum Gasteiger partial charge on any atom is -0.453 e. The van der Waals surface area contributed by atoms with Crippen LogP contribution in [0.5, 0.6) is 0 Å². The van der Waals surface area contributed by atoms with Crippen molar-refractivity contribution in [1.82, 2.24) is 45.7 Å². The average molecular weight is 836 g/mol. The van der Waals surface area contributed by atoms with Gasteiger partial charge in [-0.25, -0.2) is 19.6 Å². The number of carbonyl (C=O) groups is 4. The number of nitrogens with zero attached hydrogens (tertiary/aromatic N) is 4. The first-order valence-corrected chi connectivity index (χ1v) is 21.4. The quantitative estimate of drug-likeness (QED) is 0.0828. The first-order valence-electron chi connectivity index (χ1n) is 21.4. The lowest BCUT2D eigenvalue weighted by atomic mass is 9.98. The summed E-state index contributed by atoms with van der Waals surface area (Å²) in [6.45, 7) is 7.28. The number of rotatable bonds is 12. The van der Waals surface area contributed by atoms with Crippen LogP contribution in [0.15, 0.2) is 103 Å². The summed E-state index contributed by atoms with van der Waals surface area (Å²) in [5.74, 6) is 1.04. The molecule has 5 amide bonds. The Balaban J connectivity index is 0.940. The second-order valence-electron chi connectivity index (χ2n) is 16.3. The third-order valence-corrected chi connectivity index (χ3v) is 11.9. The summed E-state index contributed by atoms with van der Waals surface area (Å²) in [5, 5.41) is 10.5. The van der Waals surface area contributed by atoms with E-state index in [1.54, 1.807) is 0 Å². The zero-order valence-corrected chi connectivity index (χ0v) is 35.5. The van der Waals surface area contributed by atoms with Gasteiger partial charge in [-0.3, -0.25) is 9.59 Å². The number of amides is 5. The standard InChI is InChI=1S/C48H53N9O5/c1-5-49-47(60)54-42(32-11-7-6-8-12-32)46(59)57-24-10-14-40(57)43-50-27-37(52-43)31-17-15-30(16-18-31)33-19-20-35-26-36(22-21-34(35)25-33)38-28-51-44(53-38)39-13-9-23-56(39)45(58)41(29(2)3)55-48(61)62-4/h6-8,11-12,15-22,25-29,39-42H,5,9-10,13-14,23-24H2,1-4H3,(H,50,52)(H,51,53)(H,55,61)(H2,49,54,60)/t39-,40-,41-,42+/m0/s1. The van der Waals surface area contributed by atoms with Gasteiger partial charge in [-0.05, 0) is 83.7 Å². The number of methoxy groups -OCH3 is 1. The van der Waals surface area contributed by atoms with Crippen molar-refractivity contribution in [1.29, 1.82) is 0 Å². The number of alkyl carbamates (subject to hydrolysis) is 1. The molecule has 0 bridgehead atoms. The molecule has 4 aromatic carbocycles. The van der Waals surface area contributed by atoms with E-state index >= 15 is 0 Å². The van der Waals surface area contributed by atoms with Gasteiger partial charge in [0.15, 0.2) is 0 Å². The van der Waals surface area contributed by atoms with Crippen molar-refractivity contribution in [3.8, 4) is 33.6 Å². The van der Waals surface area contributed by atoms with E-state index in [0.717, 1.165) is 87.3 Å². The molecule has 2 aromatic heterocycles. The Kier molecular flexibility index (Phi) is 12.4. The zero-order valence-electron chi connectivity index (χ0n) is 35.5. The van der Waals surface area contributed by atoms with Crippen molar-refractivity contribution in [2.75, 3.05) is 26.7 Å². The second-order valence-corrected chi connectivity index (χ2v) is 16.3. The number of fused-ring (bicyclic) bond motifs is 1. The van der Waals surface area contributed by atoms with Gasteiger partial charge in [0.05, 0.1) is 36.8 Å². The third-order valence-electron chi connectivity index (χ3n) is 11.9. The summed E-state index contributed by atoms with van der Waals surface area (Å²) >= 11 is 0. The maximum Gasteiger partial charge on any atom is 0.407 e. The highest BCUT2D eigenvalue weighted by Crippen LogP contribution is 2.36. The van der Waals surface area contributed by atoms with E-state index < -0.39 is 18.2 Å². The number of urea groups is 1. The molecule has 14 heteroatoms. The molecule has 4 atom stereocenters. The molecule has 5 N–H and O–H groups in total. The van der Waals surface area contributed by atoms with Gasteiger partial charge in [-0.15, -0.1) is 0 Å². The molecular weight excluding hydrogens is 783 g/mol. The molecule has 14 nitrogen and oxygen atoms in total. The van der Waals surface area contributed by atoms with Crippen LogP contribution in [0.4, 0.5) is 9.59 Å². The summed E-state index contributed by atoms with van der Waals surface area (Å²) in [6.07, 6.45) is 6.32. The number of hydrogen-bond donors (Lipinski definition) is 5. The van der Waals surface area contributed by atoms with Gasteiger partial charge >= 0.3 is 12.1 Å².